The number of hydrogen-bond donors (Lipinski definition) is 6. The first-order valence-electron chi connectivity index (χ1n) is 39.4. The van der Waals surface area contributed by atoms with Crippen molar-refractivity contribution in [2.45, 2.75) is 119 Å². The summed E-state index contributed by atoms with van der Waals surface area (Å²) in [5.74, 6) is 1.58. The highest BCUT2D eigenvalue weighted by Gasteiger charge is 2.37. The molecule has 6 aliphatic rings. The van der Waals surface area contributed by atoms with Crippen LogP contribution in [0, 0.1) is 11.8 Å². The molecule has 0 fully saturated rings. The number of benzene rings is 8. The molecule has 0 spiro atoms. The zero-order chi connectivity index (χ0) is 84.4. The van der Waals surface area contributed by atoms with Crippen molar-refractivity contribution in [1.29, 1.82) is 0 Å². The summed E-state index contributed by atoms with van der Waals surface area (Å²) >= 11 is 17.1. The Morgan fingerprint density at radius 1 is 0.319 bits per heavy atom. The van der Waals surface area contributed by atoms with Crippen LogP contribution < -0.4 is 33.2 Å². The first kappa shape index (κ1) is 88.3. The van der Waals surface area contributed by atoms with Crippen molar-refractivity contribution in [2.24, 2.45) is 71.7 Å². The maximum Gasteiger partial charge on any atom is 0.338 e. The molecule has 14 rings (SSSR count). The molecule has 119 heavy (non-hydrogen) atoms. The third-order valence-electron chi connectivity index (χ3n) is 18.4. The molecular weight excluding hydrogens is 1570 g/mol. The lowest BCUT2D eigenvalue weighted by Gasteiger charge is -2.30. The molecule has 8 aromatic carbocycles. The number of nitrogen functional groups attached to an aromatic ring is 3. The number of nitrogens with zero attached hydrogens (tertiary/aromatic N) is 14. The third-order valence-corrected chi connectivity index (χ3v) is 18.9. The predicted octanol–water partition coefficient (Wildman–Crippen LogP) is 18.8. The summed E-state index contributed by atoms with van der Waals surface area (Å²) in [4.78, 5) is 103. The van der Waals surface area contributed by atoms with Crippen LogP contribution in [0.5, 0.6) is 0 Å². The van der Waals surface area contributed by atoms with Crippen molar-refractivity contribution >= 4 is 162 Å². The van der Waals surface area contributed by atoms with Gasteiger partial charge in [-0.05, 0) is 216 Å². The molecular formula is C88H95Cl3N20O8. The standard InChI is InChI=1S/C44H46N10O4.C15H23NO2.C12H11N.C11H15NO2.C6Cl3N7/c1-4-7-12-29(6-3)28-58-38(56)33-19-25-36(26-20-33)47-41-52-43-49-39(45-34-21-15-31(16-22-34)30-13-10-9-11-14-30)48-42-50-40(51-44(53-41)54(42)43)46-35-23-17-32(18-24-35)37(55)57-27-8-5-2;1-3-5-6-12(4-2)11-18-15(17)13-7-9-14(16)10-8-13;13-12-8-6-11(7-9-12)10-4-2-1-3-5-10;1-2-3-8-14-11(13)9-4-6-10(12)7-5-9;7-1-10-4-12-2(8)14-6-15-3(9)13-5(11-1)16(4)6/h9-11,13-26,29H,4-8,12,27-28H2,1-3H3,(H3,45,46,47,48,49,50,51,52,53);7-10,12H,3-6,11,16H2,1-2H3;1-9H,13H2;4-7H,2-3,8,12H2,1H3;. The first-order chi connectivity index (χ1) is 57.8. The number of esters is 4. The number of halogens is 3. The van der Waals surface area contributed by atoms with Gasteiger partial charge in [-0.25, -0.2) is 29.0 Å². The zero-order valence-corrected chi connectivity index (χ0v) is 69.3. The van der Waals surface area contributed by atoms with E-state index in [1.54, 1.807) is 102 Å². The van der Waals surface area contributed by atoms with Crippen LogP contribution >= 0.6 is 34.8 Å². The Morgan fingerprint density at radius 3 is 0.882 bits per heavy atom. The van der Waals surface area contributed by atoms with E-state index in [1.807, 2.05) is 91.9 Å². The molecule has 2 atom stereocenters. The van der Waals surface area contributed by atoms with Crippen LogP contribution in [-0.2, 0) is 18.9 Å². The molecule has 9 N–H and O–H groups in total. The monoisotopic (exact) mass is 1660 g/mol. The smallest absolute Gasteiger partial charge is 0.338 e. The van der Waals surface area contributed by atoms with Crippen LogP contribution in [0.4, 0.5) is 34.1 Å². The molecule has 2 unspecified atom stereocenters. The quantitative estimate of drug-likeness (QED) is 0.00915. The van der Waals surface area contributed by atoms with Gasteiger partial charge in [0, 0.05) is 34.1 Å². The lowest BCUT2D eigenvalue weighted by Crippen LogP contribution is -2.49. The van der Waals surface area contributed by atoms with E-state index in [9.17, 15) is 19.2 Å². The Balaban J connectivity index is 0.000000194. The lowest BCUT2D eigenvalue weighted by molar-refractivity contribution is 0.0419. The molecule has 0 radical (unpaired) electrons. The lowest BCUT2D eigenvalue weighted by atomic mass is 10.0. The number of amidine groups is 3. The van der Waals surface area contributed by atoms with Gasteiger partial charge in [0.2, 0.25) is 69.5 Å². The third kappa shape index (κ3) is 27.0. The van der Waals surface area contributed by atoms with Gasteiger partial charge in [-0.15, -0.1) is 0 Å². The van der Waals surface area contributed by atoms with Crippen molar-refractivity contribution < 1.29 is 38.1 Å². The number of nitrogens with one attached hydrogen (secondary N) is 3. The van der Waals surface area contributed by atoms with Crippen LogP contribution in [-0.4, -0.2) is 130 Å². The second kappa shape index (κ2) is 45.5. The second-order valence-corrected chi connectivity index (χ2v) is 28.3. The second-order valence-electron chi connectivity index (χ2n) is 27.3. The Labute approximate surface area is 706 Å². The Hall–Kier alpha value is -13.1. The van der Waals surface area contributed by atoms with Crippen molar-refractivity contribution in [1.82, 2.24) is 9.80 Å². The molecule has 0 aromatic heterocycles. The summed E-state index contributed by atoms with van der Waals surface area (Å²) < 4.78 is 21.4. The summed E-state index contributed by atoms with van der Waals surface area (Å²) in [5, 5.41) is 9.68. The van der Waals surface area contributed by atoms with E-state index in [4.69, 9.17) is 85.9 Å². The van der Waals surface area contributed by atoms with Gasteiger partial charge in [0.1, 0.15) is 0 Å². The fourth-order valence-electron chi connectivity index (χ4n) is 11.5. The molecule has 616 valence electrons. The van der Waals surface area contributed by atoms with Gasteiger partial charge < -0.3 is 52.1 Å². The molecule has 0 saturated carbocycles. The predicted molar refractivity (Wildman–Crippen MR) is 482 cm³/mol. The summed E-state index contributed by atoms with van der Waals surface area (Å²) in [6, 6.07) is 63.6. The van der Waals surface area contributed by atoms with Gasteiger partial charge in [-0.1, -0.05) is 178 Å². The number of carbonyl (C=O) groups excluding carboxylic acids is 4. The highest BCUT2D eigenvalue weighted by molar-refractivity contribution is 6.71. The molecule has 0 aliphatic carbocycles. The molecule has 31 heteroatoms. The average Bonchev–Trinajstić information content (AvgIpc) is 0.761. The largest absolute Gasteiger partial charge is 0.462 e. The van der Waals surface area contributed by atoms with E-state index in [0.717, 1.165) is 86.7 Å². The SMILES string of the molecule is CCCCC(CC)COC(=O)c1ccc(N)cc1.CCCCOC(=O)c1ccc(N)cc1.CCCCOC(=O)c1ccc(NC2=NC3=NC(Nc4ccc(C(=O)OCC(CC)CCCC)cc4)=NC4=NC(Nc5ccc(-c6ccccc6)cc5)=NC(=N2)N34)cc1.ClC1=NC2=NC(Cl)=NC3=NC(Cl)=NC(=N1)N23.Nc1ccc(-c2ccccc2)cc1. The fourth-order valence-corrected chi connectivity index (χ4v) is 11.9. The minimum Gasteiger partial charge on any atom is -0.462 e. The average molecular weight is 1670 g/mol. The summed E-state index contributed by atoms with van der Waals surface area (Å²) in [7, 11) is 0. The van der Waals surface area contributed by atoms with E-state index < -0.39 is 0 Å². The number of guanidine groups is 9. The van der Waals surface area contributed by atoms with Gasteiger partial charge in [0.15, 0.2) is 0 Å². The van der Waals surface area contributed by atoms with Crippen molar-refractivity contribution in [3.63, 3.8) is 0 Å². The molecule has 0 bridgehead atoms. The maximum absolute atomic E-state index is 12.8. The molecule has 0 amide bonds. The number of unbranched alkanes of at least 4 members (excludes halogenated alkanes) is 4. The summed E-state index contributed by atoms with van der Waals surface area (Å²) in [6.45, 7) is 14.5. The van der Waals surface area contributed by atoms with E-state index >= 15 is 0 Å². The molecule has 8 aromatic rings. The zero-order valence-electron chi connectivity index (χ0n) is 67.0. The number of hydrogen-bond acceptors (Lipinski definition) is 28. The maximum atomic E-state index is 12.8. The summed E-state index contributed by atoms with van der Waals surface area (Å²) in [5.41, 5.74) is 27.5. The van der Waals surface area contributed by atoms with Crippen molar-refractivity contribution in [2.75, 3.05) is 59.6 Å². The fraction of sp³-hybridized carbons (Fsp3) is 0.273. The van der Waals surface area contributed by atoms with Crippen LogP contribution in [0.15, 0.2) is 266 Å². The minimum absolute atomic E-state index is 0.00849. The van der Waals surface area contributed by atoms with Gasteiger partial charge in [0.05, 0.1) is 48.7 Å². The van der Waals surface area contributed by atoms with E-state index in [1.165, 1.54) is 28.9 Å². The minimum atomic E-state index is -0.377. The normalized spacial score (nSPS) is 14.2. The number of anilines is 6. The number of carbonyl (C=O) groups is 4. The van der Waals surface area contributed by atoms with Crippen LogP contribution in [0.1, 0.15) is 160 Å². The number of aliphatic imine (C=N–C) groups is 12. The number of ether oxygens (including phenoxy) is 4. The molecule has 6 aliphatic heterocycles. The number of nitrogens with two attached hydrogens (primary N) is 3. The molecule has 0 saturated heterocycles. The van der Waals surface area contributed by atoms with Gasteiger partial charge in [0.25, 0.3) is 0 Å². The molecule has 6 heterocycles. The molecule has 28 nitrogen and oxygen atoms in total. The van der Waals surface area contributed by atoms with E-state index in [2.05, 4.69) is 120 Å². The highest BCUT2D eigenvalue weighted by Crippen LogP contribution is 2.27. The van der Waals surface area contributed by atoms with E-state index in [0.29, 0.717) is 83.3 Å². The van der Waals surface area contributed by atoms with Crippen LogP contribution in [0.2, 0.25) is 0 Å². The first-order valence-corrected chi connectivity index (χ1v) is 40.5. The Morgan fingerprint density at radius 2 is 0.580 bits per heavy atom. The van der Waals surface area contributed by atoms with Gasteiger partial charge in [-0.3, -0.25) is 0 Å². The van der Waals surface area contributed by atoms with Crippen molar-refractivity contribution in [3.8, 4) is 22.3 Å². The Kier molecular flexibility index (Phi) is 33.7. The van der Waals surface area contributed by atoms with Gasteiger partial charge >= 0.3 is 23.9 Å². The highest BCUT2D eigenvalue weighted by atomic mass is 35.5. The van der Waals surface area contributed by atoms with Crippen molar-refractivity contribution in [3.05, 3.63) is 229 Å². The van der Waals surface area contributed by atoms with E-state index in [-0.39, 0.29) is 93.4 Å². The van der Waals surface area contributed by atoms with Gasteiger partial charge in [-0.2, -0.15) is 59.9 Å². The summed E-state index contributed by atoms with van der Waals surface area (Å²) in [6.07, 6.45) is 12.5. The topological polar surface area (TPSA) is 374 Å². The Bertz CT molecular complexity index is 5100. The van der Waals surface area contributed by atoms with Crippen LogP contribution in [0.3, 0.4) is 0 Å². The number of rotatable bonds is 27. The van der Waals surface area contributed by atoms with Crippen LogP contribution in [0.25, 0.3) is 22.3 Å².